The number of hydrogen-bond acceptors (Lipinski definition) is 7. The molecule has 3 rings (SSSR count). The van der Waals surface area contributed by atoms with E-state index in [1.807, 2.05) is 0 Å². The maximum atomic E-state index is 12.7. The number of amides is 1. The van der Waals surface area contributed by atoms with Crippen LogP contribution in [0.3, 0.4) is 0 Å². The molecule has 0 atom stereocenters. The van der Waals surface area contributed by atoms with E-state index in [0.717, 1.165) is 19.3 Å². The number of sulfone groups is 1. The van der Waals surface area contributed by atoms with Gasteiger partial charge in [0.2, 0.25) is 0 Å². The van der Waals surface area contributed by atoms with E-state index in [9.17, 15) is 23.1 Å². The predicted octanol–water partition coefficient (Wildman–Crippen LogP) is 4.57. The Kier molecular flexibility index (Phi) is 7.53. The van der Waals surface area contributed by atoms with Gasteiger partial charge >= 0.3 is 11.9 Å². The van der Waals surface area contributed by atoms with Crippen molar-refractivity contribution in [2.75, 3.05) is 17.7 Å². The number of carbonyl (C=O) groups excluding carboxylic acids is 2. The van der Waals surface area contributed by atoms with Gasteiger partial charge in [-0.3, -0.25) is 4.79 Å². The molecule has 172 valence electrons. The van der Waals surface area contributed by atoms with Crippen molar-refractivity contribution >= 4 is 50.6 Å². The van der Waals surface area contributed by atoms with Crippen molar-refractivity contribution in [3.8, 4) is 17.2 Å². The highest BCUT2D eigenvalue weighted by molar-refractivity contribution is 7.91. The Labute approximate surface area is 195 Å². The Balaban J connectivity index is 1.81. The number of anilines is 1. The zero-order chi connectivity index (χ0) is 23.5. The summed E-state index contributed by atoms with van der Waals surface area (Å²) in [7, 11) is -3.71. The van der Waals surface area contributed by atoms with Crippen LogP contribution in [0.1, 0.15) is 26.2 Å². The molecule has 11 heteroatoms. The molecule has 0 spiro atoms. The Morgan fingerprint density at radius 1 is 1.16 bits per heavy atom. The van der Waals surface area contributed by atoms with E-state index < -0.39 is 21.7 Å². The standard InChI is InChI=1S/C21H21Cl2NO7S/c1-2-30-21(27)20(26)24-13-8-15(22)19(16(23)9-13)31-14-6-7-17(25)18(10-14)32(28,29)11-12-4-3-5-12/h6-10,12,25H,2-5,11H2,1H3,(H,24,26). The van der Waals surface area contributed by atoms with E-state index in [0.29, 0.717) is 0 Å². The lowest BCUT2D eigenvalue weighted by molar-refractivity contribution is -0.152. The second kappa shape index (κ2) is 9.97. The van der Waals surface area contributed by atoms with Crippen LogP contribution < -0.4 is 10.1 Å². The third-order valence-electron chi connectivity index (χ3n) is 4.88. The molecule has 32 heavy (non-hydrogen) atoms. The smallest absolute Gasteiger partial charge is 0.397 e. The third kappa shape index (κ3) is 5.65. The largest absolute Gasteiger partial charge is 0.507 e. The van der Waals surface area contributed by atoms with Crippen molar-refractivity contribution in [2.24, 2.45) is 5.92 Å². The summed E-state index contributed by atoms with van der Waals surface area (Å²) in [5.74, 6) is -2.26. The normalized spacial score (nSPS) is 13.8. The first-order valence-corrected chi connectivity index (χ1v) is 12.2. The Bertz CT molecular complexity index is 1120. The number of aromatic hydroxyl groups is 1. The van der Waals surface area contributed by atoms with Gasteiger partial charge < -0.3 is 19.9 Å². The van der Waals surface area contributed by atoms with Crippen molar-refractivity contribution in [1.29, 1.82) is 0 Å². The molecule has 8 nitrogen and oxygen atoms in total. The quantitative estimate of drug-likeness (QED) is 0.421. The van der Waals surface area contributed by atoms with Crippen LogP contribution in [0.4, 0.5) is 5.69 Å². The van der Waals surface area contributed by atoms with Crippen molar-refractivity contribution < 1.29 is 32.6 Å². The van der Waals surface area contributed by atoms with Gasteiger partial charge in [0, 0.05) is 11.8 Å². The number of phenols is 1. The van der Waals surface area contributed by atoms with Crippen molar-refractivity contribution in [2.45, 2.75) is 31.1 Å². The summed E-state index contributed by atoms with van der Waals surface area (Å²) in [6.07, 6.45) is 2.70. The van der Waals surface area contributed by atoms with Gasteiger partial charge in [0.1, 0.15) is 16.4 Å². The number of nitrogens with one attached hydrogen (secondary N) is 1. The summed E-state index contributed by atoms with van der Waals surface area (Å²) in [5, 5.41) is 12.4. The molecule has 1 saturated carbocycles. The average molecular weight is 502 g/mol. The SMILES string of the molecule is CCOC(=O)C(=O)Nc1cc(Cl)c(Oc2ccc(O)c(S(=O)(=O)CC3CCC3)c2)c(Cl)c1. The molecule has 0 aromatic heterocycles. The molecule has 0 aliphatic heterocycles. The summed E-state index contributed by atoms with van der Waals surface area (Å²) in [6.45, 7) is 1.61. The number of ether oxygens (including phenoxy) is 2. The molecule has 0 heterocycles. The second-order valence-corrected chi connectivity index (χ2v) is 10.1. The van der Waals surface area contributed by atoms with Gasteiger partial charge in [-0.15, -0.1) is 0 Å². The molecule has 0 saturated heterocycles. The Morgan fingerprint density at radius 2 is 1.81 bits per heavy atom. The third-order valence-corrected chi connectivity index (χ3v) is 7.35. The topological polar surface area (TPSA) is 119 Å². The van der Waals surface area contributed by atoms with Gasteiger partial charge in [-0.05, 0) is 49.9 Å². The van der Waals surface area contributed by atoms with Gasteiger partial charge in [0.15, 0.2) is 15.6 Å². The van der Waals surface area contributed by atoms with Crippen LogP contribution in [0.15, 0.2) is 35.2 Å². The number of carbonyl (C=O) groups is 2. The molecule has 0 radical (unpaired) electrons. The van der Waals surface area contributed by atoms with Crippen LogP contribution in [-0.4, -0.2) is 37.8 Å². The monoisotopic (exact) mass is 501 g/mol. The fourth-order valence-corrected chi connectivity index (χ4v) is 5.47. The maximum absolute atomic E-state index is 12.7. The van der Waals surface area contributed by atoms with Crippen molar-refractivity contribution in [3.05, 3.63) is 40.4 Å². The number of benzene rings is 2. The van der Waals surface area contributed by atoms with Crippen molar-refractivity contribution in [3.63, 3.8) is 0 Å². The zero-order valence-corrected chi connectivity index (χ0v) is 19.4. The van der Waals surface area contributed by atoms with Crippen LogP contribution in [0.2, 0.25) is 10.0 Å². The lowest BCUT2D eigenvalue weighted by Gasteiger charge is -2.25. The summed E-state index contributed by atoms with van der Waals surface area (Å²) >= 11 is 12.4. The number of halogens is 2. The van der Waals surface area contributed by atoms with Gasteiger partial charge in [-0.2, -0.15) is 0 Å². The van der Waals surface area contributed by atoms with Gasteiger partial charge in [-0.25, -0.2) is 13.2 Å². The van der Waals surface area contributed by atoms with Crippen LogP contribution in [0.25, 0.3) is 0 Å². The zero-order valence-electron chi connectivity index (χ0n) is 17.1. The van der Waals surface area contributed by atoms with E-state index in [-0.39, 0.29) is 56.2 Å². The van der Waals surface area contributed by atoms with E-state index in [1.54, 1.807) is 6.92 Å². The lowest BCUT2D eigenvalue weighted by Crippen LogP contribution is -2.24. The number of hydrogen-bond donors (Lipinski definition) is 2. The highest BCUT2D eigenvalue weighted by Gasteiger charge is 2.28. The van der Waals surface area contributed by atoms with E-state index in [1.165, 1.54) is 30.3 Å². The molecule has 2 aromatic carbocycles. The van der Waals surface area contributed by atoms with Crippen LogP contribution >= 0.6 is 23.2 Å². The summed E-state index contributed by atoms with van der Waals surface area (Å²) in [5.41, 5.74) is 0.139. The Morgan fingerprint density at radius 3 is 2.38 bits per heavy atom. The minimum absolute atomic E-state index is 0.00334. The van der Waals surface area contributed by atoms with Crippen LogP contribution in [0.5, 0.6) is 17.2 Å². The molecule has 1 amide bonds. The number of esters is 1. The van der Waals surface area contributed by atoms with E-state index in [4.69, 9.17) is 27.9 Å². The first-order valence-electron chi connectivity index (χ1n) is 9.81. The van der Waals surface area contributed by atoms with Crippen LogP contribution in [-0.2, 0) is 24.2 Å². The molecule has 1 aliphatic carbocycles. The highest BCUT2D eigenvalue weighted by Crippen LogP contribution is 2.40. The minimum atomic E-state index is -3.71. The van der Waals surface area contributed by atoms with E-state index >= 15 is 0 Å². The molecular formula is C21H21Cl2NO7S. The van der Waals surface area contributed by atoms with Crippen LogP contribution in [0, 0.1) is 5.92 Å². The first kappa shape index (κ1) is 24.2. The molecule has 2 N–H and O–H groups in total. The summed E-state index contributed by atoms with van der Waals surface area (Å²) in [4.78, 5) is 23.0. The summed E-state index contributed by atoms with van der Waals surface area (Å²) in [6, 6.07) is 6.44. The number of rotatable bonds is 7. The molecule has 0 unspecified atom stereocenters. The predicted molar refractivity (Wildman–Crippen MR) is 119 cm³/mol. The van der Waals surface area contributed by atoms with Gasteiger partial charge in [0.05, 0.1) is 22.4 Å². The van der Waals surface area contributed by atoms with Gasteiger partial charge in [-0.1, -0.05) is 29.6 Å². The van der Waals surface area contributed by atoms with E-state index in [2.05, 4.69) is 10.1 Å². The molecule has 2 aromatic rings. The first-order chi connectivity index (χ1) is 15.1. The van der Waals surface area contributed by atoms with Crippen molar-refractivity contribution in [1.82, 2.24) is 0 Å². The lowest BCUT2D eigenvalue weighted by atomic mass is 9.87. The maximum Gasteiger partial charge on any atom is 0.397 e. The fourth-order valence-electron chi connectivity index (χ4n) is 3.09. The molecular weight excluding hydrogens is 481 g/mol. The minimum Gasteiger partial charge on any atom is -0.507 e. The molecule has 1 fully saturated rings. The second-order valence-electron chi connectivity index (χ2n) is 7.25. The molecule has 0 bridgehead atoms. The molecule has 1 aliphatic rings. The Hall–Kier alpha value is -2.49. The summed E-state index contributed by atoms with van der Waals surface area (Å²) < 4.78 is 35.7. The fraction of sp³-hybridized carbons (Fsp3) is 0.333. The highest BCUT2D eigenvalue weighted by atomic mass is 35.5. The average Bonchev–Trinajstić information content (AvgIpc) is 2.69. The number of phenolic OH excluding ortho intramolecular Hbond substituents is 1. The van der Waals surface area contributed by atoms with Gasteiger partial charge in [0.25, 0.3) is 0 Å².